The van der Waals surface area contributed by atoms with Crippen molar-refractivity contribution in [2.75, 3.05) is 20.9 Å². The van der Waals surface area contributed by atoms with Crippen molar-refractivity contribution in [3.8, 4) is 56.8 Å². The zero-order valence-electron chi connectivity index (χ0n) is 35.4. The molecule has 66 heavy (non-hydrogen) atoms. The molecule has 11 nitrogen and oxygen atoms in total. The number of phenols is 2. The third kappa shape index (κ3) is 8.86. The molecule has 0 saturated carbocycles. The van der Waals surface area contributed by atoms with Gasteiger partial charge in [0.2, 0.25) is 0 Å². The molecule has 0 spiro atoms. The number of hydrogen-bond donors (Lipinski definition) is 6. The monoisotopic (exact) mass is 928 g/mol. The van der Waals surface area contributed by atoms with Gasteiger partial charge >= 0.3 is 0 Å². The Morgan fingerprint density at radius 3 is 1.15 bits per heavy atom. The number of ether oxygens (including phenoxy) is 2. The summed E-state index contributed by atoms with van der Waals surface area (Å²) in [6.07, 6.45) is 0. The number of anilines is 4. The van der Waals surface area contributed by atoms with Gasteiger partial charge in [0.1, 0.15) is 45.7 Å². The number of aromatic hydroxyl groups is 2. The lowest BCUT2D eigenvalue weighted by Crippen LogP contribution is -2.28. The van der Waals surface area contributed by atoms with Crippen molar-refractivity contribution < 1.29 is 33.6 Å². The number of carbonyl (C=O) groups excluding carboxylic acids is 1. The maximum absolute atomic E-state index is 15.3. The van der Waals surface area contributed by atoms with Crippen LogP contribution in [-0.4, -0.2) is 30.4 Å². The van der Waals surface area contributed by atoms with E-state index >= 15 is 4.79 Å². The quantitative estimate of drug-likeness (QED) is 0.0387. The standard InChI is InChI=1S/C52H41N4O7PS2/c1-29-3-23-39(24-4-29)65(60)55-41-27-43(62-37-19-11-33(12-20-37)31-7-15-35(57)16-8-31)49(53)47-45(41)51(59)46-42(56-66(61)40-25-5-30(2)6-26-40)28-44(50(54)48(46)52(47)64)63-38-21-13-34(14-22-38)32-9-17-36(58)18-10-32/h3-28,55-58,64H,53-54H2,1-2H3. The Hall–Kier alpha value is -7.38. The van der Waals surface area contributed by atoms with Crippen LogP contribution in [0, 0.1) is 13.8 Å². The molecule has 0 heterocycles. The van der Waals surface area contributed by atoms with E-state index in [-0.39, 0.29) is 68.0 Å². The molecule has 1 aliphatic carbocycles. The third-order valence-corrected chi connectivity index (χ3v) is 13.8. The predicted molar refractivity (Wildman–Crippen MR) is 266 cm³/mol. The minimum Gasteiger partial charge on any atom is -0.588 e. The Morgan fingerprint density at radius 1 is 0.500 bits per heavy atom. The summed E-state index contributed by atoms with van der Waals surface area (Å²) in [6, 6.07) is 45.6. The molecule has 8 aromatic rings. The van der Waals surface area contributed by atoms with Crippen LogP contribution >= 0.6 is 8.86 Å². The van der Waals surface area contributed by atoms with Crippen molar-refractivity contribution in [1.29, 1.82) is 0 Å². The Bertz CT molecular complexity index is 2930. The highest BCUT2D eigenvalue weighted by atomic mass is 32.2. The first-order chi connectivity index (χ1) is 31.8. The van der Waals surface area contributed by atoms with Gasteiger partial charge in [0.25, 0.3) is 0 Å². The van der Waals surface area contributed by atoms with Crippen molar-refractivity contribution in [3.63, 3.8) is 0 Å². The van der Waals surface area contributed by atoms with Gasteiger partial charge in [-0.3, -0.25) is 4.79 Å². The third-order valence-electron chi connectivity index (χ3n) is 11.1. The number of phenolic OH excluding ortho intramolecular Hbond substituents is 2. The number of rotatable bonds is 12. The van der Waals surface area contributed by atoms with E-state index in [0.29, 0.717) is 26.6 Å². The van der Waals surface area contributed by atoms with Crippen LogP contribution < -0.4 is 30.4 Å². The van der Waals surface area contributed by atoms with E-state index in [2.05, 4.69) is 18.3 Å². The zero-order chi connectivity index (χ0) is 46.2. The van der Waals surface area contributed by atoms with Gasteiger partial charge in [0.05, 0.1) is 33.9 Å². The van der Waals surface area contributed by atoms with Gasteiger partial charge in [-0.2, -0.15) is 0 Å². The van der Waals surface area contributed by atoms with Crippen LogP contribution in [0.25, 0.3) is 22.3 Å². The normalized spacial score (nSPS) is 12.7. The molecule has 8 aromatic carbocycles. The predicted octanol–water partition coefficient (Wildman–Crippen LogP) is 11.3. The summed E-state index contributed by atoms with van der Waals surface area (Å²) < 4.78 is 47.1. The molecule has 9 rings (SSSR count). The van der Waals surface area contributed by atoms with Crippen molar-refractivity contribution >= 4 is 65.4 Å². The second kappa shape index (κ2) is 18.2. The number of aryl methyl sites for hydroxylation is 2. The van der Waals surface area contributed by atoms with Crippen LogP contribution in [0.3, 0.4) is 0 Å². The van der Waals surface area contributed by atoms with Gasteiger partial charge in [0, 0.05) is 28.6 Å². The van der Waals surface area contributed by atoms with Crippen LogP contribution in [0.5, 0.6) is 34.5 Å². The molecule has 14 heteroatoms. The minimum absolute atomic E-state index is 0.0718. The summed E-state index contributed by atoms with van der Waals surface area (Å²) in [6.45, 7) is 3.85. The summed E-state index contributed by atoms with van der Waals surface area (Å²) in [4.78, 5) is 16.2. The first-order valence-electron chi connectivity index (χ1n) is 20.5. The molecular formula is C52H41N4O7PS2. The number of carbonyl (C=O) groups is 1. The van der Waals surface area contributed by atoms with E-state index in [1.807, 2.05) is 62.4 Å². The maximum Gasteiger partial charge on any atom is 0.198 e. The number of nitrogen functional groups attached to an aromatic ring is 2. The summed E-state index contributed by atoms with van der Waals surface area (Å²) in [7, 11) is 3.87. The van der Waals surface area contributed by atoms with Crippen LogP contribution in [0.2, 0.25) is 0 Å². The fourth-order valence-electron chi connectivity index (χ4n) is 7.55. The second-order valence-corrected chi connectivity index (χ2v) is 18.5. The lowest BCUT2D eigenvalue weighted by molar-refractivity contribution is 0.103. The highest BCUT2D eigenvalue weighted by Crippen LogP contribution is 2.49. The van der Waals surface area contributed by atoms with Gasteiger partial charge in [-0.25, -0.2) is 9.44 Å². The number of benzene rings is 8. The Morgan fingerprint density at radius 2 is 0.818 bits per heavy atom. The molecule has 0 aliphatic heterocycles. The fraction of sp³-hybridized carbons (Fsp3) is 0.0385. The molecule has 1 aliphatic rings. The molecule has 0 aromatic heterocycles. The molecule has 0 saturated heterocycles. The molecule has 2 unspecified atom stereocenters. The van der Waals surface area contributed by atoms with E-state index < -0.39 is 28.5 Å². The molecule has 328 valence electrons. The van der Waals surface area contributed by atoms with Crippen LogP contribution in [0.4, 0.5) is 22.7 Å². The molecule has 2 atom stereocenters. The van der Waals surface area contributed by atoms with Crippen LogP contribution in [0.15, 0.2) is 168 Å². The summed E-state index contributed by atoms with van der Waals surface area (Å²) in [5, 5.41) is 19.9. The smallest absolute Gasteiger partial charge is 0.198 e. The fourth-order valence-corrected chi connectivity index (χ4v) is 9.79. The second-order valence-electron chi connectivity index (χ2n) is 15.6. The molecule has 0 bridgehead atoms. The average Bonchev–Trinajstić information content (AvgIpc) is 3.31. The van der Waals surface area contributed by atoms with Crippen molar-refractivity contribution in [2.45, 2.75) is 23.6 Å². The molecule has 8 N–H and O–H groups in total. The summed E-state index contributed by atoms with van der Waals surface area (Å²) in [5.41, 5.74) is 20.6. The molecule has 0 radical (unpaired) electrons. The number of ketones is 1. The number of nitrogens with one attached hydrogen (secondary N) is 2. The molecule has 0 fully saturated rings. The first-order valence-corrected chi connectivity index (χ1v) is 23.3. The van der Waals surface area contributed by atoms with Gasteiger partial charge in [-0.1, -0.05) is 83.9 Å². The average molecular weight is 929 g/mol. The van der Waals surface area contributed by atoms with Gasteiger partial charge in [-0.05, 0) is 109 Å². The van der Waals surface area contributed by atoms with Crippen molar-refractivity contribution in [2.24, 2.45) is 0 Å². The Kier molecular flexibility index (Phi) is 12.1. The highest BCUT2D eigenvalue weighted by Gasteiger charge is 2.39. The minimum atomic E-state index is -1.86. The number of hydrogen-bond acceptors (Lipinski definition) is 11. The van der Waals surface area contributed by atoms with Gasteiger partial charge in [-0.15, -0.1) is 8.86 Å². The van der Waals surface area contributed by atoms with Gasteiger partial charge < -0.3 is 40.3 Å². The van der Waals surface area contributed by atoms with Crippen LogP contribution in [0.1, 0.15) is 38.2 Å². The molecular weight excluding hydrogens is 888 g/mol. The van der Waals surface area contributed by atoms with E-state index in [0.717, 1.165) is 33.4 Å². The molecule has 0 amide bonds. The van der Waals surface area contributed by atoms with Gasteiger partial charge in [0.15, 0.2) is 27.1 Å². The number of fused-ring (bicyclic) bond motifs is 2. The zero-order valence-corrected chi connectivity index (χ0v) is 38.1. The van der Waals surface area contributed by atoms with Crippen molar-refractivity contribution in [1.82, 2.24) is 0 Å². The van der Waals surface area contributed by atoms with E-state index in [4.69, 9.17) is 20.9 Å². The first kappa shape index (κ1) is 43.9. The van der Waals surface area contributed by atoms with E-state index in [1.165, 1.54) is 12.1 Å². The number of nitrogens with two attached hydrogens (primary N) is 2. The Balaban J connectivity index is 1.16. The lowest BCUT2D eigenvalue weighted by Gasteiger charge is -2.29. The van der Waals surface area contributed by atoms with E-state index in [1.54, 1.807) is 97.1 Å². The largest absolute Gasteiger partial charge is 0.588 e. The van der Waals surface area contributed by atoms with Crippen molar-refractivity contribution in [3.05, 3.63) is 191 Å². The summed E-state index contributed by atoms with van der Waals surface area (Å²) >= 11 is -3.72. The summed E-state index contributed by atoms with van der Waals surface area (Å²) in [5.74, 6) is 0.910. The van der Waals surface area contributed by atoms with Crippen LogP contribution in [-0.2, 0) is 22.7 Å². The topological polar surface area (TPSA) is 198 Å². The Labute approximate surface area is 389 Å². The highest BCUT2D eigenvalue weighted by molar-refractivity contribution is 7.93. The SMILES string of the molecule is Cc1ccc([S+]([O-])Nc2cc(Oc3ccc(-c4ccc(O)cc4)cc3)c(N)c3c2C(=O)c2c(N[S+]([O-])c4ccc(C)cc4)cc(Oc4ccc(-c5ccc(O)cc5)cc4)c(N)c2C3=P)cc1. The lowest BCUT2D eigenvalue weighted by atomic mass is 9.81. The van der Waals surface area contributed by atoms with E-state index in [9.17, 15) is 19.3 Å². The maximum atomic E-state index is 15.3.